The number of nitrogens with one attached hydrogen (secondary N) is 1. The second-order valence-electron chi connectivity index (χ2n) is 3.66. The predicted molar refractivity (Wildman–Crippen MR) is 70.2 cm³/mol. The minimum atomic E-state index is -4.50. The van der Waals surface area contributed by atoms with Crippen LogP contribution in [-0.4, -0.2) is 24.7 Å². The van der Waals surface area contributed by atoms with Gasteiger partial charge in [-0.1, -0.05) is 23.2 Å². The van der Waals surface area contributed by atoms with Gasteiger partial charge in [0.1, 0.15) is 10.7 Å². The fraction of sp³-hybridized carbons (Fsp3) is 0.200. The van der Waals surface area contributed by atoms with E-state index in [1.165, 1.54) is 6.92 Å². The fourth-order valence-corrected chi connectivity index (χ4v) is 2.55. The van der Waals surface area contributed by atoms with Crippen LogP contribution in [0.3, 0.4) is 0 Å². The van der Waals surface area contributed by atoms with Crippen molar-refractivity contribution in [3.8, 4) is 0 Å². The lowest BCUT2D eigenvalue weighted by Gasteiger charge is -2.09. The Kier molecular flexibility index (Phi) is 4.92. The van der Waals surface area contributed by atoms with E-state index in [0.717, 1.165) is 12.1 Å². The number of rotatable bonds is 4. The standard InChI is InChI=1S/C10H9Cl2NO5S/c1-5(14)2-10(15)13-8-3-7(12)9(4-6(8)11)19(16,17)18/h3-4H,2H2,1H3,(H,13,15)(H,16,17,18). The number of ketones is 1. The summed E-state index contributed by atoms with van der Waals surface area (Å²) >= 11 is 11.4. The van der Waals surface area contributed by atoms with Crippen molar-refractivity contribution < 1.29 is 22.6 Å². The molecule has 0 saturated heterocycles. The Hall–Kier alpha value is -1.15. The maximum Gasteiger partial charge on any atom is 0.296 e. The zero-order chi connectivity index (χ0) is 14.8. The molecule has 0 heterocycles. The molecule has 0 atom stereocenters. The van der Waals surface area contributed by atoms with Crippen molar-refractivity contribution in [1.29, 1.82) is 0 Å². The molecule has 0 aliphatic carbocycles. The second kappa shape index (κ2) is 5.87. The first-order valence-corrected chi connectivity index (χ1v) is 7.06. The van der Waals surface area contributed by atoms with Crippen molar-refractivity contribution in [2.24, 2.45) is 0 Å². The minimum absolute atomic E-state index is 0.0466. The number of Topliss-reactive ketones (excluding diaryl/α,β-unsaturated/α-hetero) is 1. The van der Waals surface area contributed by atoms with Crippen LogP contribution in [0.4, 0.5) is 5.69 Å². The van der Waals surface area contributed by atoms with Crippen molar-refractivity contribution >= 4 is 50.7 Å². The molecular weight excluding hydrogens is 317 g/mol. The molecule has 2 N–H and O–H groups in total. The lowest BCUT2D eigenvalue weighted by Crippen LogP contribution is -2.15. The Bertz CT molecular complexity index is 642. The Morgan fingerprint density at radius 1 is 1.26 bits per heavy atom. The Labute approximate surface area is 119 Å². The molecule has 6 nitrogen and oxygen atoms in total. The number of hydrogen-bond donors (Lipinski definition) is 2. The third-order valence-electron chi connectivity index (χ3n) is 1.98. The van der Waals surface area contributed by atoms with E-state index in [2.05, 4.69) is 5.32 Å². The zero-order valence-electron chi connectivity index (χ0n) is 9.61. The van der Waals surface area contributed by atoms with Crippen molar-refractivity contribution in [2.75, 3.05) is 5.32 Å². The van der Waals surface area contributed by atoms with Gasteiger partial charge in [-0.25, -0.2) is 0 Å². The number of anilines is 1. The first-order valence-electron chi connectivity index (χ1n) is 4.87. The van der Waals surface area contributed by atoms with Crippen LogP contribution in [0.25, 0.3) is 0 Å². The molecule has 0 unspecified atom stereocenters. The molecule has 19 heavy (non-hydrogen) atoms. The molecule has 0 aliphatic heterocycles. The van der Waals surface area contributed by atoms with Gasteiger partial charge in [-0.05, 0) is 19.1 Å². The fourth-order valence-electron chi connectivity index (χ4n) is 1.24. The highest BCUT2D eigenvalue weighted by molar-refractivity contribution is 7.86. The van der Waals surface area contributed by atoms with Crippen LogP contribution in [0.2, 0.25) is 10.0 Å². The lowest BCUT2D eigenvalue weighted by molar-refractivity contribution is -0.124. The van der Waals surface area contributed by atoms with Gasteiger partial charge >= 0.3 is 0 Å². The van der Waals surface area contributed by atoms with E-state index in [4.69, 9.17) is 27.8 Å². The van der Waals surface area contributed by atoms with Crippen LogP contribution in [0.5, 0.6) is 0 Å². The third-order valence-corrected chi connectivity index (χ3v) is 3.61. The largest absolute Gasteiger partial charge is 0.324 e. The minimum Gasteiger partial charge on any atom is -0.324 e. The number of carbonyl (C=O) groups excluding carboxylic acids is 2. The van der Waals surface area contributed by atoms with Gasteiger partial charge in [0.05, 0.1) is 22.2 Å². The Balaban J connectivity index is 3.10. The summed E-state index contributed by atoms with van der Waals surface area (Å²) in [7, 11) is -4.50. The highest BCUT2D eigenvalue weighted by Crippen LogP contribution is 2.31. The van der Waals surface area contributed by atoms with E-state index in [-0.39, 0.29) is 27.9 Å². The molecule has 104 valence electrons. The normalized spacial score (nSPS) is 11.2. The van der Waals surface area contributed by atoms with Crippen molar-refractivity contribution in [2.45, 2.75) is 18.2 Å². The molecule has 1 aromatic rings. The van der Waals surface area contributed by atoms with Gasteiger partial charge in [0.15, 0.2) is 0 Å². The number of amides is 1. The van der Waals surface area contributed by atoms with Crippen LogP contribution >= 0.6 is 23.2 Å². The Morgan fingerprint density at radius 3 is 2.32 bits per heavy atom. The molecule has 0 aliphatic rings. The van der Waals surface area contributed by atoms with E-state index < -0.39 is 20.9 Å². The summed E-state index contributed by atoms with van der Waals surface area (Å²) in [5.74, 6) is -0.945. The quantitative estimate of drug-likeness (QED) is 0.652. The SMILES string of the molecule is CC(=O)CC(=O)Nc1cc(Cl)c(S(=O)(=O)O)cc1Cl. The average Bonchev–Trinajstić information content (AvgIpc) is 2.19. The summed E-state index contributed by atoms with van der Waals surface area (Å²) in [5.41, 5.74) is 0.0466. The summed E-state index contributed by atoms with van der Waals surface area (Å²) in [6.45, 7) is 1.25. The van der Waals surface area contributed by atoms with E-state index in [1.54, 1.807) is 0 Å². The number of carbonyl (C=O) groups is 2. The van der Waals surface area contributed by atoms with Crippen LogP contribution in [0.15, 0.2) is 17.0 Å². The number of benzene rings is 1. The van der Waals surface area contributed by atoms with Crippen LogP contribution in [-0.2, 0) is 19.7 Å². The first kappa shape index (κ1) is 15.9. The van der Waals surface area contributed by atoms with Gasteiger partial charge in [-0.2, -0.15) is 8.42 Å². The van der Waals surface area contributed by atoms with Gasteiger partial charge in [-0.3, -0.25) is 14.1 Å². The molecule has 1 rings (SSSR count). The van der Waals surface area contributed by atoms with E-state index in [1.807, 2.05) is 0 Å². The van der Waals surface area contributed by atoms with Gasteiger partial charge < -0.3 is 5.32 Å². The summed E-state index contributed by atoms with van der Waals surface area (Å²) in [5, 5.41) is 1.88. The monoisotopic (exact) mass is 325 g/mol. The molecular formula is C10H9Cl2NO5S. The van der Waals surface area contributed by atoms with Gasteiger partial charge in [-0.15, -0.1) is 0 Å². The van der Waals surface area contributed by atoms with Crippen molar-refractivity contribution in [1.82, 2.24) is 0 Å². The summed E-state index contributed by atoms with van der Waals surface area (Å²) < 4.78 is 30.8. The van der Waals surface area contributed by atoms with Crippen LogP contribution < -0.4 is 5.32 Å². The van der Waals surface area contributed by atoms with Crippen molar-refractivity contribution in [3.63, 3.8) is 0 Å². The van der Waals surface area contributed by atoms with Crippen LogP contribution in [0, 0.1) is 0 Å². The van der Waals surface area contributed by atoms with E-state index >= 15 is 0 Å². The highest BCUT2D eigenvalue weighted by atomic mass is 35.5. The summed E-state index contributed by atoms with van der Waals surface area (Å²) in [6.07, 6.45) is -0.339. The molecule has 9 heteroatoms. The highest BCUT2D eigenvalue weighted by Gasteiger charge is 2.18. The molecule has 0 aromatic heterocycles. The second-order valence-corrected chi connectivity index (χ2v) is 5.87. The predicted octanol–water partition coefficient (Wildman–Crippen LogP) is 2.16. The van der Waals surface area contributed by atoms with Crippen LogP contribution in [0.1, 0.15) is 13.3 Å². The molecule has 1 amide bonds. The molecule has 1 aromatic carbocycles. The summed E-state index contributed by atoms with van der Waals surface area (Å²) in [4.78, 5) is 21.6. The van der Waals surface area contributed by atoms with Crippen molar-refractivity contribution in [3.05, 3.63) is 22.2 Å². The topological polar surface area (TPSA) is 101 Å². The number of halogens is 2. The first-order chi connectivity index (χ1) is 8.61. The lowest BCUT2D eigenvalue weighted by atomic mass is 10.2. The van der Waals surface area contributed by atoms with E-state index in [0.29, 0.717) is 0 Å². The smallest absolute Gasteiger partial charge is 0.296 e. The maximum atomic E-state index is 11.4. The Morgan fingerprint density at radius 2 is 1.84 bits per heavy atom. The molecule has 0 fully saturated rings. The van der Waals surface area contributed by atoms with Gasteiger partial charge in [0.25, 0.3) is 10.1 Å². The molecule has 0 radical (unpaired) electrons. The summed E-state index contributed by atoms with van der Waals surface area (Å²) in [6, 6.07) is 1.98. The van der Waals surface area contributed by atoms with E-state index in [9.17, 15) is 18.0 Å². The molecule has 0 bridgehead atoms. The zero-order valence-corrected chi connectivity index (χ0v) is 11.9. The average molecular weight is 326 g/mol. The van der Waals surface area contributed by atoms with Gasteiger partial charge in [0.2, 0.25) is 5.91 Å². The number of hydrogen-bond acceptors (Lipinski definition) is 4. The molecule has 0 spiro atoms. The maximum absolute atomic E-state index is 11.4. The third kappa shape index (κ3) is 4.46. The molecule has 0 saturated carbocycles. The van der Waals surface area contributed by atoms with Gasteiger partial charge in [0, 0.05) is 0 Å².